The van der Waals surface area contributed by atoms with Gasteiger partial charge < -0.3 is 5.11 Å². The van der Waals surface area contributed by atoms with Crippen molar-refractivity contribution in [3.05, 3.63) is 23.3 Å². The highest BCUT2D eigenvalue weighted by molar-refractivity contribution is 7.13. The van der Waals surface area contributed by atoms with E-state index in [1.54, 1.807) is 11.3 Å². The van der Waals surface area contributed by atoms with Crippen LogP contribution in [0.25, 0.3) is 10.7 Å². The van der Waals surface area contributed by atoms with Crippen molar-refractivity contribution < 1.29 is 5.11 Å². The van der Waals surface area contributed by atoms with Gasteiger partial charge in [0.15, 0.2) is 5.82 Å². The van der Waals surface area contributed by atoms with E-state index in [9.17, 15) is 0 Å². The predicted molar refractivity (Wildman–Crippen MR) is 59.7 cm³/mol. The van der Waals surface area contributed by atoms with Crippen LogP contribution in [-0.4, -0.2) is 26.9 Å². The summed E-state index contributed by atoms with van der Waals surface area (Å²) in [7, 11) is 0. The Morgan fingerprint density at radius 2 is 2.33 bits per heavy atom. The number of hydrogen-bond acceptors (Lipinski definition) is 4. The number of unbranched alkanes of at least 4 members (excludes halogenated alkanes) is 1. The van der Waals surface area contributed by atoms with Crippen molar-refractivity contribution >= 4 is 11.3 Å². The molecule has 0 atom stereocenters. The molecule has 0 amide bonds. The van der Waals surface area contributed by atoms with Crippen molar-refractivity contribution in [3.63, 3.8) is 0 Å². The van der Waals surface area contributed by atoms with Crippen LogP contribution in [-0.2, 0) is 6.42 Å². The summed E-state index contributed by atoms with van der Waals surface area (Å²) >= 11 is 1.63. The van der Waals surface area contributed by atoms with E-state index in [0.29, 0.717) is 0 Å². The number of aryl methyl sites for hydroxylation is 1. The zero-order valence-corrected chi connectivity index (χ0v) is 9.13. The van der Waals surface area contributed by atoms with Crippen molar-refractivity contribution in [2.45, 2.75) is 19.3 Å². The lowest BCUT2D eigenvalue weighted by atomic mass is 10.2. The van der Waals surface area contributed by atoms with Crippen molar-refractivity contribution in [3.8, 4) is 10.7 Å². The smallest absolute Gasteiger partial charge is 0.191 e. The molecule has 0 spiro atoms. The van der Waals surface area contributed by atoms with E-state index in [1.165, 1.54) is 0 Å². The summed E-state index contributed by atoms with van der Waals surface area (Å²) in [6.45, 7) is 0.242. The van der Waals surface area contributed by atoms with Crippen LogP contribution in [0.1, 0.15) is 18.7 Å². The quantitative estimate of drug-likeness (QED) is 0.760. The Labute approximate surface area is 92.0 Å². The number of H-pyrrole nitrogens is 1. The molecule has 0 aliphatic heterocycles. The molecule has 2 aromatic heterocycles. The second-order valence-corrected chi connectivity index (χ2v) is 4.21. The van der Waals surface area contributed by atoms with Crippen LogP contribution in [0.3, 0.4) is 0 Å². The molecule has 2 aromatic rings. The van der Waals surface area contributed by atoms with Crippen LogP contribution in [0.15, 0.2) is 17.5 Å². The number of aromatic amines is 1. The minimum absolute atomic E-state index is 0.242. The van der Waals surface area contributed by atoms with Gasteiger partial charge in [-0.3, -0.25) is 5.10 Å². The fourth-order valence-electron chi connectivity index (χ4n) is 1.33. The maximum atomic E-state index is 8.66. The Morgan fingerprint density at radius 3 is 3.07 bits per heavy atom. The van der Waals surface area contributed by atoms with Crippen LogP contribution in [0.2, 0.25) is 0 Å². The van der Waals surface area contributed by atoms with E-state index in [4.69, 9.17) is 5.11 Å². The molecule has 0 bridgehead atoms. The monoisotopic (exact) mass is 223 g/mol. The molecule has 0 fully saturated rings. The molecule has 2 heterocycles. The Morgan fingerprint density at radius 1 is 1.40 bits per heavy atom. The van der Waals surface area contributed by atoms with Crippen molar-refractivity contribution in [2.24, 2.45) is 0 Å². The fourth-order valence-corrected chi connectivity index (χ4v) is 1.98. The molecular weight excluding hydrogens is 210 g/mol. The third-order valence-corrected chi connectivity index (χ3v) is 2.96. The third-order valence-electron chi connectivity index (χ3n) is 2.09. The van der Waals surface area contributed by atoms with Gasteiger partial charge in [0.1, 0.15) is 5.82 Å². The van der Waals surface area contributed by atoms with Gasteiger partial charge in [-0.05, 0) is 24.3 Å². The van der Waals surface area contributed by atoms with E-state index in [2.05, 4.69) is 15.2 Å². The Bertz CT molecular complexity index is 396. The molecule has 4 nitrogen and oxygen atoms in total. The SMILES string of the molecule is OCCCCc1nc(-c2cccs2)n[nH]1. The number of rotatable bonds is 5. The Hall–Kier alpha value is -1.20. The maximum Gasteiger partial charge on any atom is 0.191 e. The molecule has 0 aromatic carbocycles. The maximum absolute atomic E-state index is 8.66. The summed E-state index contributed by atoms with van der Waals surface area (Å²) in [5.41, 5.74) is 0. The van der Waals surface area contributed by atoms with Crippen LogP contribution < -0.4 is 0 Å². The van der Waals surface area contributed by atoms with Gasteiger partial charge in [0.05, 0.1) is 4.88 Å². The van der Waals surface area contributed by atoms with Gasteiger partial charge in [-0.1, -0.05) is 6.07 Å². The molecule has 0 saturated heterocycles. The topological polar surface area (TPSA) is 61.8 Å². The first-order valence-corrected chi connectivity index (χ1v) is 5.84. The molecule has 0 aliphatic carbocycles. The van der Waals surface area contributed by atoms with E-state index >= 15 is 0 Å². The molecule has 5 heteroatoms. The third kappa shape index (κ3) is 2.64. The number of nitrogens with one attached hydrogen (secondary N) is 1. The molecule has 80 valence electrons. The molecule has 2 rings (SSSR count). The van der Waals surface area contributed by atoms with Gasteiger partial charge in [0.2, 0.25) is 0 Å². The Kier molecular flexibility index (Phi) is 3.47. The summed E-state index contributed by atoms with van der Waals surface area (Å²) in [5.74, 6) is 1.66. The van der Waals surface area contributed by atoms with Crippen molar-refractivity contribution in [1.29, 1.82) is 0 Å². The zero-order valence-electron chi connectivity index (χ0n) is 8.31. The van der Waals surface area contributed by atoms with Crippen molar-refractivity contribution in [2.75, 3.05) is 6.61 Å². The van der Waals surface area contributed by atoms with E-state index < -0.39 is 0 Å². The van der Waals surface area contributed by atoms with Gasteiger partial charge in [-0.15, -0.1) is 11.3 Å². The molecule has 15 heavy (non-hydrogen) atoms. The van der Waals surface area contributed by atoms with Gasteiger partial charge in [0.25, 0.3) is 0 Å². The largest absolute Gasteiger partial charge is 0.396 e. The lowest BCUT2D eigenvalue weighted by Crippen LogP contribution is -1.90. The van der Waals surface area contributed by atoms with Crippen LogP contribution in [0, 0.1) is 0 Å². The number of nitrogens with zero attached hydrogens (tertiary/aromatic N) is 2. The van der Waals surface area contributed by atoms with Gasteiger partial charge in [0, 0.05) is 13.0 Å². The Balaban J connectivity index is 1.98. The molecule has 0 aliphatic rings. The minimum Gasteiger partial charge on any atom is -0.396 e. The molecule has 0 saturated carbocycles. The molecule has 2 N–H and O–H groups in total. The molecule has 0 radical (unpaired) electrons. The number of aliphatic hydroxyl groups is 1. The van der Waals surface area contributed by atoms with E-state index in [1.807, 2.05) is 17.5 Å². The first-order valence-electron chi connectivity index (χ1n) is 4.96. The van der Waals surface area contributed by atoms with Crippen LogP contribution in [0.5, 0.6) is 0 Å². The molecular formula is C10H13N3OS. The second kappa shape index (κ2) is 5.04. The highest BCUT2D eigenvalue weighted by Crippen LogP contribution is 2.20. The summed E-state index contributed by atoms with van der Waals surface area (Å²) in [4.78, 5) is 5.47. The zero-order chi connectivity index (χ0) is 10.5. The summed E-state index contributed by atoms with van der Waals surface area (Å²) in [6.07, 6.45) is 2.60. The van der Waals surface area contributed by atoms with Crippen LogP contribution >= 0.6 is 11.3 Å². The predicted octanol–water partition coefficient (Wildman–Crippen LogP) is 1.85. The van der Waals surface area contributed by atoms with Gasteiger partial charge >= 0.3 is 0 Å². The lowest BCUT2D eigenvalue weighted by molar-refractivity contribution is 0.284. The second-order valence-electron chi connectivity index (χ2n) is 3.26. The number of thiophene rings is 1. The van der Waals surface area contributed by atoms with E-state index in [0.717, 1.165) is 35.8 Å². The summed E-state index contributed by atoms with van der Waals surface area (Å²) in [6, 6.07) is 3.99. The number of aromatic nitrogens is 3. The first kappa shape index (κ1) is 10.3. The summed E-state index contributed by atoms with van der Waals surface area (Å²) in [5, 5.41) is 17.7. The fraction of sp³-hybridized carbons (Fsp3) is 0.400. The standard InChI is InChI=1S/C10H13N3OS/c14-6-2-1-5-9-11-10(13-12-9)8-4-3-7-15-8/h3-4,7,14H,1-2,5-6H2,(H,11,12,13). The van der Waals surface area contributed by atoms with E-state index in [-0.39, 0.29) is 6.61 Å². The highest BCUT2D eigenvalue weighted by Gasteiger charge is 2.05. The normalized spacial score (nSPS) is 10.7. The number of hydrogen-bond donors (Lipinski definition) is 2. The number of aliphatic hydroxyl groups excluding tert-OH is 1. The highest BCUT2D eigenvalue weighted by atomic mass is 32.1. The first-order chi connectivity index (χ1) is 7.40. The van der Waals surface area contributed by atoms with Crippen molar-refractivity contribution in [1.82, 2.24) is 15.2 Å². The summed E-state index contributed by atoms with van der Waals surface area (Å²) < 4.78 is 0. The lowest BCUT2D eigenvalue weighted by Gasteiger charge is -1.92. The van der Waals surface area contributed by atoms with Gasteiger partial charge in [-0.2, -0.15) is 5.10 Å². The van der Waals surface area contributed by atoms with Crippen LogP contribution in [0.4, 0.5) is 0 Å². The average molecular weight is 223 g/mol. The molecule has 0 unspecified atom stereocenters. The average Bonchev–Trinajstić information content (AvgIpc) is 2.87. The van der Waals surface area contributed by atoms with Gasteiger partial charge in [-0.25, -0.2) is 4.98 Å². The minimum atomic E-state index is 0.242.